The minimum absolute atomic E-state index is 0.0359. The molecule has 37 heavy (non-hydrogen) atoms. The van der Waals surface area contributed by atoms with Crippen LogP contribution in [-0.2, 0) is 30.5 Å². The smallest absolute Gasteiger partial charge is 0.312 e. The molecule has 3 fully saturated rings. The van der Waals surface area contributed by atoms with E-state index < -0.39 is 47.5 Å². The third-order valence-corrected chi connectivity index (χ3v) is 9.05. The molecule has 3 saturated heterocycles. The summed E-state index contributed by atoms with van der Waals surface area (Å²) in [5.74, 6) is -3.08. The van der Waals surface area contributed by atoms with Gasteiger partial charge >= 0.3 is 5.97 Å². The summed E-state index contributed by atoms with van der Waals surface area (Å²) in [6, 6.07) is 5.76. The van der Waals surface area contributed by atoms with Gasteiger partial charge in [-0.05, 0) is 31.4 Å². The van der Waals surface area contributed by atoms with Crippen LogP contribution in [0.15, 0.2) is 24.3 Å². The van der Waals surface area contributed by atoms with Gasteiger partial charge in [-0.15, -0.1) is 5.10 Å². The standard InChI is InChI=1S/C25H32BrN5O6/c1-4-13(3)17(11-32)31-21(22(33)27-12-30-16-9-7-6-8-15(16)28-29-30)25-10-14(26)20(37-25)18(19(25)23(31)34)24(35)36-5-2/h6-9,13-14,17-21,32H,4-5,10-12H2,1-3H3,(H,27,33)/t13-,14?,17-,18-,19+,20-,21-,25+/m0/s1. The van der Waals surface area contributed by atoms with Gasteiger partial charge in [0.2, 0.25) is 11.8 Å². The van der Waals surface area contributed by atoms with Crippen LogP contribution in [0.4, 0.5) is 0 Å². The first-order valence-electron chi connectivity index (χ1n) is 12.8. The molecule has 0 saturated carbocycles. The van der Waals surface area contributed by atoms with Crippen LogP contribution in [0.3, 0.4) is 0 Å². The zero-order chi connectivity index (χ0) is 26.5. The minimum Gasteiger partial charge on any atom is -0.466 e. The number of ether oxygens (including phenoxy) is 2. The van der Waals surface area contributed by atoms with E-state index in [2.05, 4.69) is 31.6 Å². The Morgan fingerprint density at radius 1 is 1.35 bits per heavy atom. The SMILES string of the molecule is CCOC(=O)[C@@H]1[C@H]2O[C@@]3(CC2Br)[C@H](C(=O)NCn2nnc4ccccc42)N([C@@H](CO)[C@@H](C)CC)C(=O)[C@@H]13. The summed E-state index contributed by atoms with van der Waals surface area (Å²) in [6.45, 7) is 5.51. The van der Waals surface area contributed by atoms with Crippen LogP contribution in [0.1, 0.15) is 33.6 Å². The molecule has 4 heterocycles. The zero-order valence-corrected chi connectivity index (χ0v) is 22.6. The average molecular weight is 578 g/mol. The number of aliphatic hydroxyl groups is 1. The normalized spacial score (nSPS) is 32.0. The Balaban J connectivity index is 1.51. The van der Waals surface area contributed by atoms with E-state index in [9.17, 15) is 19.5 Å². The molecular formula is C25H32BrN5O6. The molecule has 11 nitrogen and oxygen atoms in total. The fourth-order valence-electron chi connectivity index (χ4n) is 6.33. The molecule has 200 valence electrons. The van der Waals surface area contributed by atoms with Gasteiger partial charge in [0.15, 0.2) is 0 Å². The number of alkyl halides is 1. The van der Waals surface area contributed by atoms with E-state index in [-0.39, 0.29) is 36.5 Å². The van der Waals surface area contributed by atoms with Crippen molar-refractivity contribution in [2.24, 2.45) is 17.8 Å². The number of hydrogen-bond donors (Lipinski definition) is 2. The number of benzene rings is 1. The molecule has 2 bridgehead atoms. The number of likely N-dealkylation sites (tertiary alicyclic amines) is 1. The first kappa shape index (κ1) is 26.1. The van der Waals surface area contributed by atoms with Gasteiger partial charge in [-0.25, -0.2) is 4.68 Å². The first-order valence-corrected chi connectivity index (χ1v) is 13.7. The lowest BCUT2D eigenvalue weighted by molar-refractivity contribution is -0.155. The van der Waals surface area contributed by atoms with Crippen molar-refractivity contribution in [1.82, 2.24) is 25.2 Å². The third-order valence-electron chi connectivity index (χ3n) is 8.20. The van der Waals surface area contributed by atoms with E-state index in [4.69, 9.17) is 9.47 Å². The van der Waals surface area contributed by atoms with Crippen molar-refractivity contribution in [3.63, 3.8) is 0 Å². The number of carbonyl (C=O) groups excluding carboxylic acids is 3. The number of hydrogen-bond acceptors (Lipinski definition) is 8. The summed E-state index contributed by atoms with van der Waals surface area (Å²) in [4.78, 5) is 42.3. The second-order valence-electron chi connectivity index (χ2n) is 10.1. The van der Waals surface area contributed by atoms with Crippen LogP contribution in [-0.4, -0.2) is 84.6 Å². The van der Waals surface area contributed by atoms with Crippen molar-refractivity contribution in [2.45, 2.75) is 68.9 Å². The quantitative estimate of drug-likeness (QED) is 0.335. The molecule has 0 radical (unpaired) electrons. The highest BCUT2D eigenvalue weighted by molar-refractivity contribution is 9.09. The summed E-state index contributed by atoms with van der Waals surface area (Å²) < 4.78 is 13.3. The lowest BCUT2D eigenvalue weighted by atomic mass is 9.70. The van der Waals surface area contributed by atoms with Crippen LogP contribution < -0.4 is 5.32 Å². The molecule has 8 atom stereocenters. The maximum atomic E-state index is 14.0. The van der Waals surface area contributed by atoms with Crippen molar-refractivity contribution in [3.8, 4) is 0 Å². The minimum atomic E-state index is -1.22. The van der Waals surface area contributed by atoms with Gasteiger partial charge in [-0.1, -0.05) is 53.5 Å². The number of carbonyl (C=O) groups is 3. The fraction of sp³-hybridized carbons (Fsp3) is 0.640. The van der Waals surface area contributed by atoms with Crippen molar-refractivity contribution in [2.75, 3.05) is 13.2 Å². The number of rotatable bonds is 9. The summed E-state index contributed by atoms with van der Waals surface area (Å²) in [5.41, 5.74) is 0.234. The van der Waals surface area contributed by atoms with Crippen molar-refractivity contribution >= 4 is 44.7 Å². The highest BCUT2D eigenvalue weighted by Crippen LogP contribution is 2.60. The Morgan fingerprint density at radius 3 is 2.81 bits per heavy atom. The summed E-state index contributed by atoms with van der Waals surface area (Å²) in [6.07, 6.45) is 0.488. The number of fused-ring (bicyclic) bond motifs is 2. The molecule has 2 amide bonds. The molecule has 1 unspecified atom stereocenters. The molecule has 2 aromatic rings. The molecule has 2 N–H and O–H groups in total. The maximum absolute atomic E-state index is 14.0. The number of esters is 1. The van der Waals surface area contributed by atoms with Gasteiger partial charge in [-0.3, -0.25) is 14.4 Å². The molecular weight excluding hydrogens is 546 g/mol. The van der Waals surface area contributed by atoms with E-state index in [0.29, 0.717) is 18.4 Å². The maximum Gasteiger partial charge on any atom is 0.312 e. The second-order valence-corrected chi connectivity index (χ2v) is 11.2. The van der Waals surface area contributed by atoms with Crippen LogP contribution in [0.25, 0.3) is 11.0 Å². The van der Waals surface area contributed by atoms with E-state index in [0.717, 1.165) is 5.52 Å². The van der Waals surface area contributed by atoms with Crippen LogP contribution in [0.5, 0.6) is 0 Å². The Morgan fingerprint density at radius 2 is 2.11 bits per heavy atom. The van der Waals surface area contributed by atoms with Gasteiger partial charge in [0, 0.05) is 4.83 Å². The molecule has 3 aliphatic rings. The average Bonchev–Trinajstić information content (AvgIpc) is 3.60. The summed E-state index contributed by atoms with van der Waals surface area (Å²) >= 11 is 3.63. The predicted molar refractivity (Wildman–Crippen MR) is 135 cm³/mol. The van der Waals surface area contributed by atoms with E-state index >= 15 is 0 Å². The Labute approximate surface area is 223 Å². The Hall–Kier alpha value is -2.57. The van der Waals surface area contributed by atoms with Gasteiger partial charge < -0.3 is 24.8 Å². The number of aromatic nitrogens is 3. The molecule has 1 aromatic heterocycles. The number of para-hydroxylation sites is 1. The molecule has 0 aliphatic carbocycles. The van der Waals surface area contributed by atoms with E-state index in [1.54, 1.807) is 11.6 Å². The number of halogens is 1. The Bertz CT molecular complexity index is 1210. The van der Waals surface area contributed by atoms with Gasteiger partial charge in [0.1, 0.15) is 23.8 Å². The molecule has 1 aromatic carbocycles. The predicted octanol–water partition coefficient (Wildman–Crippen LogP) is 1.22. The summed E-state index contributed by atoms with van der Waals surface area (Å²) in [7, 11) is 0. The summed E-state index contributed by atoms with van der Waals surface area (Å²) in [5, 5.41) is 21.5. The molecule has 1 spiro atoms. The topological polar surface area (TPSA) is 136 Å². The second kappa shape index (κ2) is 9.95. The van der Waals surface area contributed by atoms with Gasteiger partial charge in [0.25, 0.3) is 0 Å². The largest absolute Gasteiger partial charge is 0.466 e. The third kappa shape index (κ3) is 3.95. The lowest BCUT2D eigenvalue weighted by Crippen LogP contribution is -2.59. The fourth-order valence-corrected chi connectivity index (χ4v) is 7.27. The highest BCUT2D eigenvalue weighted by Gasteiger charge is 2.77. The van der Waals surface area contributed by atoms with Crippen molar-refractivity contribution < 1.29 is 29.0 Å². The first-order chi connectivity index (χ1) is 17.8. The van der Waals surface area contributed by atoms with Crippen LogP contribution in [0.2, 0.25) is 0 Å². The monoisotopic (exact) mass is 577 g/mol. The molecule has 3 aliphatic heterocycles. The molecule has 5 rings (SSSR count). The number of nitrogens with zero attached hydrogens (tertiary/aromatic N) is 4. The number of nitrogens with one attached hydrogen (secondary N) is 1. The zero-order valence-electron chi connectivity index (χ0n) is 21.0. The van der Waals surface area contributed by atoms with Gasteiger partial charge in [0.05, 0.1) is 42.7 Å². The number of amides is 2. The lowest BCUT2D eigenvalue weighted by Gasteiger charge is -2.38. The Kier molecular flexibility index (Phi) is 7.01. The molecule has 12 heteroatoms. The van der Waals surface area contributed by atoms with Crippen LogP contribution >= 0.6 is 15.9 Å². The van der Waals surface area contributed by atoms with Crippen molar-refractivity contribution in [3.05, 3.63) is 24.3 Å². The van der Waals surface area contributed by atoms with E-state index in [1.807, 2.05) is 38.1 Å². The van der Waals surface area contributed by atoms with E-state index in [1.165, 1.54) is 4.90 Å². The van der Waals surface area contributed by atoms with Gasteiger partial charge in [-0.2, -0.15) is 0 Å². The van der Waals surface area contributed by atoms with Crippen molar-refractivity contribution in [1.29, 1.82) is 0 Å². The highest BCUT2D eigenvalue weighted by atomic mass is 79.9. The number of aliphatic hydroxyl groups excluding tert-OH is 1. The van der Waals surface area contributed by atoms with Crippen LogP contribution in [0, 0.1) is 17.8 Å².